The average Bonchev–Trinajstić information content (AvgIpc) is 3.29. The Kier molecular flexibility index (Phi) is 11.5. The van der Waals surface area contributed by atoms with Gasteiger partial charge in [-0.3, -0.25) is 4.90 Å². The van der Waals surface area contributed by atoms with Crippen LogP contribution in [0.3, 0.4) is 0 Å². The van der Waals surface area contributed by atoms with E-state index in [-0.39, 0.29) is 17.7 Å². The Hall–Kier alpha value is -3.89. The summed E-state index contributed by atoms with van der Waals surface area (Å²) >= 11 is 0. The molecule has 0 aliphatic carbocycles. The van der Waals surface area contributed by atoms with E-state index < -0.39 is 33.9 Å². The zero-order chi connectivity index (χ0) is 29.2. The van der Waals surface area contributed by atoms with Gasteiger partial charge < -0.3 is 24.4 Å². The minimum atomic E-state index is -3.21. The molecular formula is C23H30FN5O9S. The second-order valence-corrected chi connectivity index (χ2v) is 10.3. The van der Waals surface area contributed by atoms with Crippen LogP contribution in [-0.4, -0.2) is 97.3 Å². The Morgan fingerprint density at radius 1 is 1.23 bits per heavy atom. The molecule has 39 heavy (non-hydrogen) atoms. The molecule has 1 saturated heterocycles. The minimum absolute atomic E-state index is 0.183. The number of amides is 1. The van der Waals surface area contributed by atoms with Crippen molar-refractivity contribution in [2.75, 3.05) is 44.4 Å². The summed E-state index contributed by atoms with van der Waals surface area (Å²) in [4.78, 5) is 39.3. The van der Waals surface area contributed by atoms with Gasteiger partial charge in [-0.15, -0.1) is 0 Å². The van der Waals surface area contributed by atoms with Gasteiger partial charge >= 0.3 is 18.0 Å². The number of nitrogens with one attached hydrogen (secondary N) is 1. The van der Waals surface area contributed by atoms with Crippen LogP contribution in [0.5, 0.6) is 0 Å². The maximum atomic E-state index is 13.9. The lowest BCUT2D eigenvalue weighted by molar-refractivity contribution is -0.134. The number of aliphatic carboxylic acids is 2. The van der Waals surface area contributed by atoms with Crippen molar-refractivity contribution in [2.24, 2.45) is 0 Å². The van der Waals surface area contributed by atoms with Crippen molar-refractivity contribution in [1.82, 2.24) is 19.8 Å². The number of nitrogens with zero attached hydrogens (tertiary/aromatic N) is 4. The predicted octanol–water partition coefficient (Wildman–Crippen LogP) is 1.48. The number of halogens is 1. The fourth-order valence-electron chi connectivity index (χ4n) is 3.47. The van der Waals surface area contributed by atoms with Gasteiger partial charge in [0.2, 0.25) is 10.0 Å². The van der Waals surface area contributed by atoms with Crippen LogP contribution < -0.4 is 9.62 Å². The van der Waals surface area contributed by atoms with E-state index in [1.807, 2.05) is 0 Å². The van der Waals surface area contributed by atoms with Crippen molar-refractivity contribution < 1.29 is 46.7 Å². The van der Waals surface area contributed by atoms with Crippen LogP contribution in [-0.2, 0) is 24.3 Å². The summed E-state index contributed by atoms with van der Waals surface area (Å²) in [6, 6.07) is 3.95. The molecule has 1 aliphatic heterocycles. The maximum absolute atomic E-state index is 13.9. The van der Waals surface area contributed by atoms with Crippen LogP contribution in [0.2, 0.25) is 0 Å². The van der Waals surface area contributed by atoms with Crippen molar-refractivity contribution in [2.45, 2.75) is 25.9 Å². The molecule has 0 saturated carbocycles. The van der Waals surface area contributed by atoms with Gasteiger partial charge in [-0.1, -0.05) is 5.16 Å². The van der Waals surface area contributed by atoms with Gasteiger partial charge in [0, 0.05) is 45.4 Å². The van der Waals surface area contributed by atoms with Gasteiger partial charge in [-0.25, -0.2) is 31.9 Å². The van der Waals surface area contributed by atoms with Gasteiger partial charge in [-0.05, 0) is 38.0 Å². The fourth-order valence-corrected chi connectivity index (χ4v) is 3.93. The summed E-state index contributed by atoms with van der Waals surface area (Å²) in [6.45, 7) is 3.95. The van der Waals surface area contributed by atoms with Crippen LogP contribution in [0.15, 0.2) is 34.9 Å². The average molecular weight is 572 g/mol. The predicted molar refractivity (Wildman–Crippen MR) is 136 cm³/mol. The number of likely N-dealkylation sites (tertiary alicyclic amines) is 1. The number of benzene rings is 1. The molecule has 0 bridgehead atoms. The number of aromatic nitrogens is 2. The van der Waals surface area contributed by atoms with Crippen LogP contribution in [0, 0.1) is 12.7 Å². The number of piperidine rings is 1. The number of ether oxygens (including phenoxy) is 1. The molecule has 2 aromatic rings. The monoisotopic (exact) mass is 571 g/mol. The largest absolute Gasteiger partial charge is 0.478 e. The van der Waals surface area contributed by atoms with Gasteiger partial charge in [0.1, 0.15) is 11.9 Å². The maximum Gasteiger partial charge on any atom is 0.414 e. The highest BCUT2D eigenvalue weighted by Gasteiger charge is 2.26. The lowest BCUT2D eigenvalue weighted by atomic mass is 10.1. The van der Waals surface area contributed by atoms with Crippen LogP contribution >= 0.6 is 0 Å². The number of aryl methyl sites for hydroxylation is 1. The molecule has 1 amide bonds. The number of carboxylic acid groups (broad SMARTS) is 2. The van der Waals surface area contributed by atoms with E-state index >= 15 is 0 Å². The number of hydrogen-bond donors (Lipinski definition) is 3. The molecule has 2 heterocycles. The summed E-state index contributed by atoms with van der Waals surface area (Å²) in [5, 5.41) is 19.4. The number of hydrogen-bond acceptors (Lipinski definition) is 10. The molecule has 214 valence electrons. The molecule has 3 rings (SSSR count). The smallest absolute Gasteiger partial charge is 0.414 e. The third-order valence-electron chi connectivity index (χ3n) is 5.32. The quantitative estimate of drug-likeness (QED) is 0.368. The second-order valence-electron chi connectivity index (χ2n) is 8.47. The first-order valence-electron chi connectivity index (χ1n) is 11.6. The molecule has 0 atom stereocenters. The normalized spacial score (nSPS) is 14.5. The standard InChI is InChI=1S/C19H26FN5O5S.C4H4O4/c1-13-22-18(30-23-13)16-5-4-14(20)12-17(16)24(2)19(26)29-15-6-9-25(10-7-15)11-8-21-31(3,27)28;5-3(6)1-2-4(7)8/h4-5,12,15,21H,6-11H2,1-3H3;1-2H,(H,5,6)(H,7,8)/b;2-1-. The van der Waals surface area contributed by atoms with E-state index in [9.17, 15) is 27.2 Å². The Morgan fingerprint density at radius 3 is 2.36 bits per heavy atom. The fraction of sp³-hybridized carbons (Fsp3) is 0.435. The van der Waals surface area contributed by atoms with Crippen LogP contribution in [0.1, 0.15) is 18.7 Å². The Balaban J connectivity index is 0.000000580. The first-order valence-corrected chi connectivity index (χ1v) is 13.5. The number of sulfonamides is 1. The summed E-state index contributed by atoms with van der Waals surface area (Å²) in [5.41, 5.74) is 0.688. The third-order valence-corrected chi connectivity index (χ3v) is 6.04. The summed E-state index contributed by atoms with van der Waals surface area (Å²) in [7, 11) is -1.71. The molecule has 1 fully saturated rings. The first kappa shape index (κ1) is 31.3. The summed E-state index contributed by atoms with van der Waals surface area (Å²) < 4.78 is 49.4. The molecule has 14 nitrogen and oxygen atoms in total. The highest BCUT2D eigenvalue weighted by Crippen LogP contribution is 2.31. The van der Waals surface area contributed by atoms with Crippen molar-refractivity contribution in [3.8, 4) is 11.5 Å². The van der Waals surface area contributed by atoms with Crippen LogP contribution in [0.4, 0.5) is 14.9 Å². The number of carboxylic acids is 2. The molecule has 0 radical (unpaired) electrons. The van der Waals surface area contributed by atoms with Crippen molar-refractivity contribution >= 4 is 33.7 Å². The summed E-state index contributed by atoms with van der Waals surface area (Å²) in [5.74, 6) is -2.41. The van der Waals surface area contributed by atoms with E-state index in [1.54, 1.807) is 6.92 Å². The van der Waals surface area contributed by atoms with Crippen LogP contribution in [0.25, 0.3) is 11.5 Å². The van der Waals surface area contributed by atoms with Gasteiger partial charge in [0.25, 0.3) is 5.89 Å². The van der Waals surface area contributed by atoms with Crippen molar-refractivity contribution in [3.63, 3.8) is 0 Å². The number of carbonyl (C=O) groups is 3. The topological polar surface area (TPSA) is 192 Å². The van der Waals surface area contributed by atoms with E-state index in [0.29, 0.717) is 62.6 Å². The molecule has 1 aliphatic rings. The Labute approximate surface area is 224 Å². The number of anilines is 1. The Bertz CT molecular complexity index is 1270. The van der Waals surface area contributed by atoms with Gasteiger partial charge in [-0.2, -0.15) is 4.98 Å². The molecule has 16 heteroatoms. The first-order chi connectivity index (χ1) is 18.2. The molecular weight excluding hydrogens is 541 g/mol. The molecule has 0 spiro atoms. The number of carbonyl (C=O) groups excluding carboxylic acids is 1. The zero-order valence-corrected chi connectivity index (χ0v) is 22.4. The van der Waals surface area contributed by atoms with E-state index in [1.165, 1.54) is 30.1 Å². The SMILES string of the molecule is Cc1noc(-c2ccc(F)cc2N(C)C(=O)OC2CCN(CCNS(C)(=O)=O)CC2)n1.O=C(O)/C=C\C(=O)O. The molecule has 1 aromatic heterocycles. The number of rotatable bonds is 9. The van der Waals surface area contributed by atoms with E-state index in [2.05, 4.69) is 19.8 Å². The van der Waals surface area contributed by atoms with E-state index in [0.717, 1.165) is 6.26 Å². The minimum Gasteiger partial charge on any atom is -0.478 e. The van der Waals surface area contributed by atoms with E-state index in [4.69, 9.17) is 19.5 Å². The third kappa shape index (κ3) is 11.2. The molecule has 0 unspecified atom stereocenters. The van der Waals surface area contributed by atoms with Crippen molar-refractivity contribution in [3.05, 3.63) is 42.0 Å². The van der Waals surface area contributed by atoms with Gasteiger partial charge in [0.15, 0.2) is 5.82 Å². The highest BCUT2D eigenvalue weighted by molar-refractivity contribution is 7.88. The zero-order valence-electron chi connectivity index (χ0n) is 21.5. The lowest BCUT2D eigenvalue weighted by Crippen LogP contribution is -2.42. The summed E-state index contributed by atoms with van der Waals surface area (Å²) in [6.07, 6.45) is 2.59. The molecule has 1 aromatic carbocycles. The molecule has 3 N–H and O–H groups in total. The lowest BCUT2D eigenvalue weighted by Gasteiger charge is -2.32. The second kappa shape index (κ2) is 14.3. The van der Waals surface area contributed by atoms with Crippen molar-refractivity contribution in [1.29, 1.82) is 0 Å². The highest BCUT2D eigenvalue weighted by atomic mass is 32.2. The van der Waals surface area contributed by atoms with Gasteiger partial charge in [0.05, 0.1) is 17.5 Å². The Morgan fingerprint density at radius 2 is 1.85 bits per heavy atom.